The van der Waals surface area contributed by atoms with Gasteiger partial charge in [0.05, 0.1) is 5.69 Å². The summed E-state index contributed by atoms with van der Waals surface area (Å²) in [6, 6.07) is 1.86. The molecule has 0 aliphatic rings. The van der Waals surface area contributed by atoms with E-state index in [2.05, 4.69) is 15.5 Å². The lowest BCUT2D eigenvalue weighted by atomic mass is 10.1. The van der Waals surface area contributed by atoms with E-state index in [1.165, 1.54) is 0 Å². The Hall–Kier alpha value is -1.36. The Morgan fingerprint density at radius 1 is 1.56 bits per heavy atom. The van der Waals surface area contributed by atoms with Gasteiger partial charge in [-0.3, -0.25) is 9.89 Å². The number of carbonyl (C=O) groups excluding carboxylic acids is 1. The predicted octanol–water partition coefficient (Wildman–Crippen LogP) is 1.46. The van der Waals surface area contributed by atoms with Crippen LogP contribution in [-0.4, -0.2) is 35.1 Å². The molecule has 90 valence electrons. The molecule has 1 aromatic heterocycles. The predicted molar refractivity (Wildman–Crippen MR) is 64.1 cm³/mol. The van der Waals surface area contributed by atoms with Gasteiger partial charge in [0.2, 0.25) is 5.91 Å². The van der Waals surface area contributed by atoms with Crippen LogP contribution >= 0.6 is 0 Å². The molecule has 1 heterocycles. The van der Waals surface area contributed by atoms with Crippen molar-refractivity contribution in [3.05, 3.63) is 11.8 Å². The summed E-state index contributed by atoms with van der Waals surface area (Å²) in [6.07, 6.45) is 0.524. The van der Waals surface area contributed by atoms with E-state index in [0.717, 1.165) is 12.2 Å². The first kappa shape index (κ1) is 12.7. The molecule has 0 aromatic carbocycles. The molecule has 0 aliphatic heterocycles. The van der Waals surface area contributed by atoms with Crippen LogP contribution in [0.5, 0.6) is 0 Å². The number of carbonyl (C=O) groups is 1. The van der Waals surface area contributed by atoms with Crippen LogP contribution in [0.1, 0.15) is 26.0 Å². The lowest BCUT2D eigenvalue weighted by Crippen LogP contribution is -2.14. The minimum Gasteiger partial charge on any atom is -0.309 e. The van der Waals surface area contributed by atoms with Gasteiger partial charge in [-0.2, -0.15) is 5.10 Å². The van der Waals surface area contributed by atoms with Crippen molar-refractivity contribution >= 4 is 11.7 Å². The summed E-state index contributed by atoms with van der Waals surface area (Å²) in [6.45, 7) is 4.82. The summed E-state index contributed by atoms with van der Waals surface area (Å²) in [5, 5.41) is 9.69. The molecule has 0 spiro atoms. The third-order valence-electron chi connectivity index (χ3n) is 1.98. The van der Waals surface area contributed by atoms with E-state index >= 15 is 0 Å². The molecule has 5 nitrogen and oxygen atoms in total. The molecule has 0 aliphatic carbocycles. The summed E-state index contributed by atoms with van der Waals surface area (Å²) < 4.78 is 0. The smallest absolute Gasteiger partial charge is 0.225 e. The topological polar surface area (TPSA) is 61.0 Å². The van der Waals surface area contributed by atoms with Crippen molar-refractivity contribution in [2.75, 3.05) is 19.4 Å². The van der Waals surface area contributed by atoms with E-state index in [1.807, 2.05) is 38.9 Å². The molecule has 0 atom stereocenters. The van der Waals surface area contributed by atoms with Gasteiger partial charge in [0.15, 0.2) is 5.82 Å². The van der Waals surface area contributed by atoms with Gasteiger partial charge in [-0.15, -0.1) is 0 Å². The fraction of sp³-hybridized carbons (Fsp3) is 0.636. The molecule has 5 heteroatoms. The van der Waals surface area contributed by atoms with Crippen molar-refractivity contribution in [3.8, 4) is 0 Å². The number of nitrogens with zero attached hydrogens (tertiary/aromatic N) is 2. The maximum Gasteiger partial charge on any atom is 0.225 e. The third-order valence-corrected chi connectivity index (χ3v) is 1.98. The molecule has 1 aromatic rings. The Kier molecular flexibility index (Phi) is 4.49. The molecule has 0 saturated heterocycles. The normalized spacial score (nSPS) is 11.1. The first-order valence-corrected chi connectivity index (χ1v) is 5.46. The summed E-state index contributed by atoms with van der Waals surface area (Å²) >= 11 is 0. The molecule has 0 unspecified atom stereocenters. The Labute approximate surface area is 96.2 Å². The van der Waals surface area contributed by atoms with Gasteiger partial charge in [0, 0.05) is 19.0 Å². The van der Waals surface area contributed by atoms with E-state index in [1.54, 1.807) is 0 Å². The van der Waals surface area contributed by atoms with Crippen molar-refractivity contribution in [1.29, 1.82) is 0 Å². The van der Waals surface area contributed by atoms with Gasteiger partial charge in [0.1, 0.15) is 0 Å². The zero-order valence-corrected chi connectivity index (χ0v) is 10.4. The van der Waals surface area contributed by atoms with Crippen LogP contribution in [0.15, 0.2) is 6.07 Å². The molecular formula is C11H20N4O. The molecule has 0 bridgehead atoms. The van der Waals surface area contributed by atoms with Gasteiger partial charge in [0.25, 0.3) is 0 Å². The minimum atomic E-state index is 0.0119. The maximum absolute atomic E-state index is 11.5. The van der Waals surface area contributed by atoms with Gasteiger partial charge in [-0.1, -0.05) is 13.8 Å². The van der Waals surface area contributed by atoms with Crippen LogP contribution in [0.25, 0.3) is 0 Å². The van der Waals surface area contributed by atoms with Crippen LogP contribution in [0.3, 0.4) is 0 Å². The second-order valence-electron chi connectivity index (χ2n) is 4.66. The van der Waals surface area contributed by atoms with Crippen molar-refractivity contribution in [2.24, 2.45) is 5.92 Å². The maximum atomic E-state index is 11.5. The molecule has 16 heavy (non-hydrogen) atoms. The number of hydrogen-bond acceptors (Lipinski definition) is 3. The molecule has 2 N–H and O–H groups in total. The number of aromatic nitrogens is 2. The fourth-order valence-electron chi connectivity index (χ4n) is 1.41. The second-order valence-corrected chi connectivity index (χ2v) is 4.66. The van der Waals surface area contributed by atoms with Gasteiger partial charge >= 0.3 is 0 Å². The lowest BCUT2D eigenvalue weighted by molar-refractivity contribution is -0.116. The fourth-order valence-corrected chi connectivity index (χ4v) is 1.41. The van der Waals surface area contributed by atoms with Crippen molar-refractivity contribution in [2.45, 2.75) is 26.8 Å². The Morgan fingerprint density at radius 3 is 2.81 bits per heavy atom. The van der Waals surface area contributed by atoms with Gasteiger partial charge < -0.3 is 10.2 Å². The van der Waals surface area contributed by atoms with Crippen LogP contribution < -0.4 is 5.32 Å². The molecule has 0 saturated carbocycles. The zero-order chi connectivity index (χ0) is 12.1. The van der Waals surface area contributed by atoms with Crippen LogP contribution in [0.4, 0.5) is 5.82 Å². The number of nitrogens with one attached hydrogen (secondary N) is 2. The zero-order valence-electron chi connectivity index (χ0n) is 10.4. The van der Waals surface area contributed by atoms with Crippen molar-refractivity contribution in [3.63, 3.8) is 0 Å². The Bertz CT molecular complexity index is 344. The number of hydrogen-bond donors (Lipinski definition) is 2. The summed E-state index contributed by atoms with van der Waals surface area (Å²) in [5.74, 6) is 0.973. The van der Waals surface area contributed by atoms with E-state index in [-0.39, 0.29) is 5.91 Å². The SMILES string of the molecule is CC(C)CC(=O)Nc1cc(CN(C)C)[nH]n1. The highest BCUT2D eigenvalue weighted by molar-refractivity contribution is 5.89. The Morgan fingerprint density at radius 2 is 2.25 bits per heavy atom. The summed E-state index contributed by atoms with van der Waals surface area (Å²) in [4.78, 5) is 13.5. The standard InChI is InChI=1S/C11H20N4O/c1-8(2)5-11(16)12-10-6-9(13-14-10)7-15(3)4/h6,8H,5,7H2,1-4H3,(H2,12,13,14,16). The van der Waals surface area contributed by atoms with Crippen molar-refractivity contribution in [1.82, 2.24) is 15.1 Å². The first-order chi connectivity index (χ1) is 7.47. The highest BCUT2D eigenvalue weighted by Crippen LogP contribution is 2.08. The molecule has 0 radical (unpaired) electrons. The van der Waals surface area contributed by atoms with Crippen LogP contribution in [-0.2, 0) is 11.3 Å². The Balaban J connectivity index is 2.48. The monoisotopic (exact) mass is 224 g/mol. The number of aromatic amines is 1. The average Bonchev–Trinajstić information content (AvgIpc) is 2.49. The van der Waals surface area contributed by atoms with E-state index in [9.17, 15) is 4.79 Å². The van der Waals surface area contributed by atoms with Gasteiger partial charge in [-0.25, -0.2) is 0 Å². The summed E-state index contributed by atoms with van der Waals surface area (Å²) in [7, 11) is 3.97. The van der Waals surface area contributed by atoms with Crippen LogP contribution in [0.2, 0.25) is 0 Å². The number of rotatable bonds is 5. The molecule has 1 amide bonds. The molecule has 0 fully saturated rings. The first-order valence-electron chi connectivity index (χ1n) is 5.46. The largest absolute Gasteiger partial charge is 0.309 e. The van der Waals surface area contributed by atoms with E-state index in [0.29, 0.717) is 18.2 Å². The molecule has 1 rings (SSSR count). The summed E-state index contributed by atoms with van der Waals surface area (Å²) in [5.41, 5.74) is 0.991. The van der Waals surface area contributed by atoms with Crippen molar-refractivity contribution < 1.29 is 4.79 Å². The third kappa shape index (κ3) is 4.44. The quantitative estimate of drug-likeness (QED) is 0.796. The second kappa shape index (κ2) is 5.65. The molecular weight excluding hydrogens is 204 g/mol. The van der Waals surface area contributed by atoms with Gasteiger partial charge in [-0.05, 0) is 20.0 Å². The minimum absolute atomic E-state index is 0.0119. The number of H-pyrrole nitrogens is 1. The van der Waals surface area contributed by atoms with E-state index < -0.39 is 0 Å². The van der Waals surface area contributed by atoms with E-state index in [4.69, 9.17) is 0 Å². The highest BCUT2D eigenvalue weighted by Gasteiger charge is 2.08. The highest BCUT2D eigenvalue weighted by atomic mass is 16.1. The number of anilines is 1. The number of amides is 1. The average molecular weight is 224 g/mol. The lowest BCUT2D eigenvalue weighted by Gasteiger charge is -2.05. The van der Waals surface area contributed by atoms with Crippen LogP contribution in [0, 0.1) is 5.92 Å².